The predicted octanol–water partition coefficient (Wildman–Crippen LogP) is 4.03. The summed E-state index contributed by atoms with van der Waals surface area (Å²) in [7, 11) is 0. The van der Waals surface area contributed by atoms with Crippen LogP contribution in [0.5, 0.6) is 0 Å². The van der Waals surface area contributed by atoms with Gasteiger partial charge in [0.25, 0.3) is 0 Å². The molecule has 0 saturated carbocycles. The summed E-state index contributed by atoms with van der Waals surface area (Å²) in [5, 5.41) is 0. The molecule has 1 aliphatic heterocycles. The highest BCUT2D eigenvalue weighted by Crippen LogP contribution is 2.41. The van der Waals surface area contributed by atoms with E-state index in [9.17, 15) is 4.79 Å². The van der Waals surface area contributed by atoms with Crippen molar-refractivity contribution in [3.8, 4) is 0 Å². The number of benzene rings is 1. The van der Waals surface area contributed by atoms with Gasteiger partial charge in [-0.1, -0.05) is 25.1 Å². The highest BCUT2D eigenvalue weighted by molar-refractivity contribution is 7.99. The van der Waals surface area contributed by atoms with Gasteiger partial charge in [-0.2, -0.15) is 0 Å². The second-order valence-electron chi connectivity index (χ2n) is 4.33. The van der Waals surface area contributed by atoms with Crippen molar-refractivity contribution in [1.29, 1.82) is 0 Å². The number of carbonyl (C=O) groups excluding carboxylic acids is 1. The van der Waals surface area contributed by atoms with Crippen molar-refractivity contribution in [1.82, 2.24) is 0 Å². The van der Waals surface area contributed by atoms with Gasteiger partial charge in [-0.3, -0.25) is 4.79 Å². The number of rotatable bonds is 5. The van der Waals surface area contributed by atoms with Gasteiger partial charge in [-0.25, -0.2) is 0 Å². The molecule has 0 aromatic heterocycles. The molecule has 1 heterocycles. The fraction of sp³-hybridized carbons (Fsp3) is 0.500. The van der Waals surface area contributed by atoms with Crippen LogP contribution in [0.1, 0.15) is 44.1 Å². The van der Waals surface area contributed by atoms with Crippen LogP contribution in [0.3, 0.4) is 0 Å². The smallest absolute Gasteiger partial charge is 0.132 e. The average molecular weight is 234 g/mol. The summed E-state index contributed by atoms with van der Waals surface area (Å²) in [5.74, 6) is 2.27. The first-order chi connectivity index (χ1) is 7.81. The fourth-order valence-corrected chi connectivity index (χ4v) is 3.49. The number of thioether (sulfide) groups is 1. The van der Waals surface area contributed by atoms with Crippen molar-refractivity contribution < 1.29 is 4.79 Å². The Labute approximate surface area is 102 Å². The second kappa shape index (κ2) is 5.53. The minimum absolute atomic E-state index is 0.402. The molecule has 0 amide bonds. The van der Waals surface area contributed by atoms with Gasteiger partial charge >= 0.3 is 0 Å². The van der Waals surface area contributed by atoms with Crippen LogP contribution in [0, 0.1) is 0 Å². The number of ketones is 1. The maximum absolute atomic E-state index is 11.2. The number of hydrogen-bond donors (Lipinski definition) is 0. The molecule has 2 rings (SSSR count). The lowest BCUT2D eigenvalue weighted by molar-refractivity contribution is -0.118. The van der Waals surface area contributed by atoms with Crippen LogP contribution in [-0.2, 0) is 4.79 Å². The second-order valence-corrected chi connectivity index (χ2v) is 5.39. The van der Waals surface area contributed by atoms with E-state index in [4.69, 9.17) is 0 Å². The van der Waals surface area contributed by atoms with Crippen molar-refractivity contribution in [3.05, 3.63) is 29.8 Å². The van der Waals surface area contributed by atoms with E-state index in [1.807, 2.05) is 18.7 Å². The van der Waals surface area contributed by atoms with Gasteiger partial charge in [0.05, 0.1) is 0 Å². The molecule has 16 heavy (non-hydrogen) atoms. The summed E-state index contributed by atoms with van der Waals surface area (Å²) in [6.45, 7) is 1.95. The van der Waals surface area contributed by atoms with Crippen LogP contribution >= 0.6 is 11.8 Å². The Morgan fingerprint density at radius 1 is 1.44 bits per heavy atom. The molecule has 86 valence electrons. The highest BCUT2D eigenvalue weighted by Gasteiger charge is 2.21. The minimum atomic E-state index is 0.402. The molecular weight excluding hydrogens is 216 g/mol. The molecule has 1 aliphatic rings. The number of fused-ring (bicyclic) bond motifs is 1. The Hall–Kier alpha value is -0.760. The maximum atomic E-state index is 11.2. The van der Waals surface area contributed by atoms with E-state index >= 15 is 0 Å². The summed E-state index contributed by atoms with van der Waals surface area (Å²) in [4.78, 5) is 12.7. The molecule has 1 aromatic carbocycles. The molecule has 0 radical (unpaired) electrons. The number of Topliss-reactive ketones (excluding diaryl/α,β-unsaturated/α-hetero) is 1. The summed E-state index contributed by atoms with van der Waals surface area (Å²) in [5.41, 5.74) is 1.50. The maximum Gasteiger partial charge on any atom is 0.132 e. The van der Waals surface area contributed by atoms with Crippen molar-refractivity contribution in [2.75, 3.05) is 5.75 Å². The van der Waals surface area contributed by atoms with Crippen molar-refractivity contribution in [2.24, 2.45) is 0 Å². The zero-order valence-electron chi connectivity index (χ0n) is 9.74. The van der Waals surface area contributed by atoms with Gasteiger partial charge in [0.15, 0.2) is 0 Å². The fourth-order valence-electron chi connectivity index (χ4n) is 2.19. The van der Waals surface area contributed by atoms with Crippen molar-refractivity contribution >= 4 is 17.5 Å². The molecule has 1 atom stereocenters. The zero-order chi connectivity index (χ0) is 11.4. The molecule has 1 unspecified atom stereocenters. The normalized spacial score (nSPS) is 18.4. The Bertz CT molecular complexity index is 373. The molecule has 0 saturated heterocycles. The number of hydrogen-bond acceptors (Lipinski definition) is 2. The lowest BCUT2D eigenvalue weighted by atomic mass is 9.95. The van der Waals surface area contributed by atoms with E-state index in [-0.39, 0.29) is 0 Å². The molecule has 1 aromatic rings. The third kappa shape index (κ3) is 2.67. The summed E-state index contributed by atoms with van der Waals surface area (Å²) in [6, 6.07) is 8.67. The molecule has 0 bridgehead atoms. The first kappa shape index (κ1) is 11.7. The van der Waals surface area contributed by atoms with Crippen LogP contribution in [0.25, 0.3) is 0 Å². The van der Waals surface area contributed by atoms with Crippen LogP contribution < -0.4 is 0 Å². The van der Waals surface area contributed by atoms with Gasteiger partial charge in [0.1, 0.15) is 5.78 Å². The first-order valence-electron chi connectivity index (χ1n) is 6.04. The summed E-state index contributed by atoms with van der Waals surface area (Å²) < 4.78 is 0. The Morgan fingerprint density at radius 2 is 2.25 bits per heavy atom. The standard InChI is InChI=1S/C14H18OS/c1-2-12(15)7-5-6-11-10-16-14-9-4-3-8-13(11)14/h3-4,8-9,11H,2,5-7,10H2,1H3. The third-order valence-corrected chi connectivity index (χ3v) is 4.45. The first-order valence-corrected chi connectivity index (χ1v) is 7.03. The van der Waals surface area contributed by atoms with Gasteiger partial charge < -0.3 is 0 Å². The van der Waals surface area contributed by atoms with E-state index in [1.54, 1.807) is 0 Å². The SMILES string of the molecule is CCC(=O)CCCC1CSc2ccccc21. The topological polar surface area (TPSA) is 17.1 Å². The molecule has 0 fully saturated rings. The Morgan fingerprint density at radius 3 is 3.06 bits per heavy atom. The van der Waals surface area contributed by atoms with E-state index in [0.717, 1.165) is 19.3 Å². The molecule has 2 heteroatoms. The molecule has 0 spiro atoms. The average Bonchev–Trinajstić information content (AvgIpc) is 2.73. The molecular formula is C14H18OS. The van der Waals surface area contributed by atoms with Gasteiger partial charge in [0.2, 0.25) is 0 Å². The van der Waals surface area contributed by atoms with Crippen molar-refractivity contribution in [2.45, 2.75) is 43.4 Å². The van der Waals surface area contributed by atoms with Crippen molar-refractivity contribution in [3.63, 3.8) is 0 Å². The zero-order valence-corrected chi connectivity index (χ0v) is 10.6. The quantitative estimate of drug-likeness (QED) is 0.765. The van der Waals surface area contributed by atoms with Crippen LogP contribution in [0.4, 0.5) is 0 Å². The van der Waals surface area contributed by atoms with Crippen LogP contribution in [-0.4, -0.2) is 11.5 Å². The largest absolute Gasteiger partial charge is 0.300 e. The molecule has 0 N–H and O–H groups in total. The van der Waals surface area contributed by atoms with Crippen LogP contribution in [0.15, 0.2) is 29.2 Å². The molecule has 1 nitrogen and oxygen atoms in total. The monoisotopic (exact) mass is 234 g/mol. The van der Waals surface area contributed by atoms with E-state index < -0.39 is 0 Å². The summed E-state index contributed by atoms with van der Waals surface area (Å²) in [6.07, 6.45) is 3.66. The number of carbonyl (C=O) groups is 1. The van der Waals surface area contributed by atoms with Crippen LogP contribution in [0.2, 0.25) is 0 Å². The van der Waals surface area contributed by atoms with Gasteiger partial charge in [-0.15, -0.1) is 11.8 Å². The summed E-state index contributed by atoms with van der Waals surface area (Å²) >= 11 is 1.96. The Kier molecular flexibility index (Phi) is 4.05. The highest BCUT2D eigenvalue weighted by atomic mass is 32.2. The van der Waals surface area contributed by atoms with E-state index in [1.165, 1.54) is 16.2 Å². The third-order valence-electron chi connectivity index (χ3n) is 3.20. The molecule has 0 aliphatic carbocycles. The van der Waals surface area contributed by atoms with E-state index in [0.29, 0.717) is 18.1 Å². The minimum Gasteiger partial charge on any atom is -0.300 e. The van der Waals surface area contributed by atoms with E-state index in [2.05, 4.69) is 24.3 Å². The lowest BCUT2D eigenvalue weighted by Gasteiger charge is -2.09. The van der Waals surface area contributed by atoms with Gasteiger partial charge in [0, 0.05) is 23.5 Å². The predicted molar refractivity (Wildman–Crippen MR) is 69.1 cm³/mol. The lowest BCUT2D eigenvalue weighted by Crippen LogP contribution is -2.00. The Balaban J connectivity index is 1.86. The van der Waals surface area contributed by atoms with Gasteiger partial charge in [-0.05, 0) is 30.4 Å².